The fourth-order valence-corrected chi connectivity index (χ4v) is 2.68. The van der Waals surface area contributed by atoms with E-state index in [1.54, 1.807) is 54.6 Å². The minimum Gasteiger partial charge on any atom is -0.457 e. The van der Waals surface area contributed by atoms with Crippen LogP contribution in [-0.4, -0.2) is 11.1 Å². The number of para-hydroxylation sites is 1. The lowest BCUT2D eigenvalue weighted by Gasteiger charge is -2.07. The molecule has 4 rings (SSSR count). The number of benzene rings is 3. The highest BCUT2D eigenvalue weighted by Crippen LogP contribution is 2.24. The van der Waals surface area contributed by atoms with Crippen molar-refractivity contribution in [3.8, 4) is 22.8 Å². The third-order valence-electron chi connectivity index (χ3n) is 3.96. The van der Waals surface area contributed by atoms with Crippen molar-refractivity contribution in [1.82, 2.24) is 5.16 Å². The average Bonchev–Trinajstić information content (AvgIpc) is 3.21. The van der Waals surface area contributed by atoms with Crippen LogP contribution in [0, 0.1) is 0 Å². The fourth-order valence-electron chi connectivity index (χ4n) is 2.56. The highest BCUT2D eigenvalue weighted by Gasteiger charge is 2.14. The zero-order chi connectivity index (χ0) is 19.3. The Hall–Kier alpha value is -3.57. The van der Waals surface area contributed by atoms with Gasteiger partial charge in [-0.05, 0) is 60.7 Å². The van der Waals surface area contributed by atoms with Crippen LogP contribution in [0.15, 0.2) is 89.5 Å². The molecule has 3 aromatic carbocycles. The number of hydrogen-bond acceptors (Lipinski definition) is 4. The summed E-state index contributed by atoms with van der Waals surface area (Å²) in [6.07, 6.45) is 0. The van der Waals surface area contributed by atoms with Gasteiger partial charge in [-0.2, -0.15) is 0 Å². The quantitative estimate of drug-likeness (QED) is 0.451. The second-order valence-electron chi connectivity index (χ2n) is 5.98. The molecule has 1 amide bonds. The van der Waals surface area contributed by atoms with Gasteiger partial charge in [0, 0.05) is 22.3 Å². The van der Waals surface area contributed by atoms with E-state index in [-0.39, 0.29) is 11.6 Å². The van der Waals surface area contributed by atoms with Crippen LogP contribution in [0.2, 0.25) is 5.02 Å². The lowest BCUT2D eigenvalue weighted by atomic mass is 10.1. The molecule has 0 saturated carbocycles. The van der Waals surface area contributed by atoms with E-state index in [9.17, 15) is 4.79 Å². The molecule has 0 fully saturated rings. The Kier molecular flexibility index (Phi) is 5.08. The lowest BCUT2D eigenvalue weighted by molar-refractivity contribution is 0.101. The highest BCUT2D eigenvalue weighted by molar-refractivity contribution is 6.30. The number of nitrogens with zero attached hydrogens (tertiary/aromatic N) is 1. The standard InChI is InChI=1S/C22H15ClN2O3/c23-16-8-6-15(7-9-16)21-14-20(25-28-21)22(26)24-17-10-12-19(13-11-17)27-18-4-2-1-3-5-18/h1-14H,(H,24,26). The third kappa shape index (κ3) is 4.22. The first-order valence-corrected chi connectivity index (χ1v) is 8.92. The zero-order valence-corrected chi connectivity index (χ0v) is 15.4. The van der Waals surface area contributed by atoms with Crippen LogP contribution in [0.5, 0.6) is 11.5 Å². The normalized spacial score (nSPS) is 10.5. The first kappa shape index (κ1) is 17.8. The highest BCUT2D eigenvalue weighted by atomic mass is 35.5. The van der Waals surface area contributed by atoms with Crippen molar-refractivity contribution in [3.63, 3.8) is 0 Å². The van der Waals surface area contributed by atoms with Gasteiger partial charge in [-0.1, -0.05) is 35.0 Å². The molecule has 1 aromatic heterocycles. The molecule has 0 spiro atoms. The third-order valence-corrected chi connectivity index (χ3v) is 4.21. The summed E-state index contributed by atoms with van der Waals surface area (Å²) in [7, 11) is 0. The van der Waals surface area contributed by atoms with Gasteiger partial charge < -0.3 is 14.6 Å². The SMILES string of the molecule is O=C(Nc1ccc(Oc2ccccc2)cc1)c1cc(-c2ccc(Cl)cc2)on1. The Morgan fingerprint density at radius 1 is 0.893 bits per heavy atom. The maximum Gasteiger partial charge on any atom is 0.277 e. The number of aromatic nitrogens is 1. The van der Waals surface area contributed by atoms with Crippen molar-refractivity contribution < 1.29 is 14.1 Å². The summed E-state index contributed by atoms with van der Waals surface area (Å²) in [5.74, 6) is 1.56. The van der Waals surface area contributed by atoms with Gasteiger partial charge in [0.05, 0.1) is 0 Å². The van der Waals surface area contributed by atoms with E-state index in [4.69, 9.17) is 20.9 Å². The fraction of sp³-hybridized carbons (Fsp3) is 0. The molecule has 0 saturated heterocycles. The van der Waals surface area contributed by atoms with Crippen molar-refractivity contribution in [1.29, 1.82) is 0 Å². The van der Waals surface area contributed by atoms with Crippen molar-refractivity contribution in [2.24, 2.45) is 0 Å². The maximum atomic E-state index is 12.4. The van der Waals surface area contributed by atoms with Crippen LogP contribution < -0.4 is 10.1 Å². The summed E-state index contributed by atoms with van der Waals surface area (Å²) < 4.78 is 11.0. The maximum absolute atomic E-state index is 12.4. The molecule has 0 atom stereocenters. The van der Waals surface area contributed by atoms with E-state index < -0.39 is 0 Å². The molecule has 0 aliphatic heterocycles. The zero-order valence-electron chi connectivity index (χ0n) is 14.6. The first-order chi connectivity index (χ1) is 13.7. The Balaban J connectivity index is 1.41. The molecule has 0 aliphatic carbocycles. The smallest absolute Gasteiger partial charge is 0.277 e. The van der Waals surface area contributed by atoms with Crippen molar-refractivity contribution >= 4 is 23.2 Å². The van der Waals surface area contributed by atoms with E-state index in [1.165, 1.54) is 0 Å². The summed E-state index contributed by atoms with van der Waals surface area (Å²) in [5.41, 5.74) is 1.61. The molecule has 0 unspecified atom stereocenters. The summed E-state index contributed by atoms with van der Waals surface area (Å²) in [6, 6.07) is 25.3. The number of nitrogens with one attached hydrogen (secondary N) is 1. The van der Waals surface area contributed by atoms with Crippen LogP contribution >= 0.6 is 11.6 Å². The Bertz CT molecular complexity index is 1070. The second-order valence-corrected chi connectivity index (χ2v) is 6.41. The molecule has 0 radical (unpaired) electrons. The average molecular weight is 391 g/mol. The Morgan fingerprint density at radius 2 is 1.57 bits per heavy atom. The van der Waals surface area contributed by atoms with Gasteiger partial charge in [-0.25, -0.2) is 0 Å². The van der Waals surface area contributed by atoms with Gasteiger partial charge in [0.15, 0.2) is 11.5 Å². The summed E-state index contributed by atoms with van der Waals surface area (Å²) >= 11 is 5.88. The minimum absolute atomic E-state index is 0.189. The predicted octanol–water partition coefficient (Wildman–Crippen LogP) is 6.04. The number of carbonyl (C=O) groups excluding carboxylic acids is 1. The van der Waals surface area contributed by atoms with Gasteiger partial charge in [-0.15, -0.1) is 0 Å². The Morgan fingerprint density at radius 3 is 2.29 bits per heavy atom. The molecule has 0 bridgehead atoms. The van der Waals surface area contributed by atoms with Crippen molar-refractivity contribution in [3.05, 3.63) is 95.6 Å². The Labute approximate surface area is 166 Å². The van der Waals surface area contributed by atoms with Crippen LogP contribution in [0.3, 0.4) is 0 Å². The monoisotopic (exact) mass is 390 g/mol. The molecule has 1 N–H and O–H groups in total. The van der Waals surface area contributed by atoms with E-state index in [0.717, 1.165) is 11.3 Å². The molecule has 5 nitrogen and oxygen atoms in total. The van der Waals surface area contributed by atoms with E-state index >= 15 is 0 Å². The first-order valence-electron chi connectivity index (χ1n) is 8.54. The van der Waals surface area contributed by atoms with Gasteiger partial charge in [0.2, 0.25) is 0 Å². The van der Waals surface area contributed by atoms with Crippen molar-refractivity contribution in [2.45, 2.75) is 0 Å². The summed E-state index contributed by atoms with van der Waals surface area (Å²) in [4.78, 5) is 12.4. The molecular weight excluding hydrogens is 376 g/mol. The van der Waals surface area contributed by atoms with Gasteiger partial charge >= 0.3 is 0 Å². The van der Waals surface area contributed by atoms with E-state index in [1.807, 2.05) is 30.3 Å². The molecule has 6 heteroatoms. The number of hydrogen-bond donors (Lipinski definition) is 1. The molecule has 0 aliphatic rings. The summed E-state index contributed by atoms with van der Waals surface area (Å²) in [5, 5.41) is 7.25. The van der Waals surface area contributed by atoms with Crippen molar-refractivity contribution in [2.75, 3.05) is 5.32 Å². The number of ether oxygens (including phenoxy) is 1. The van der Waals surface area contributed by atoms with E-state index in [0.29, 0.717) is 22.2 Å². The van der Waals surface area contributed by atoms with Crippen LogP contribution in [0.1, 0.15) is 10.5 Å². The van der Waals surface area contributed by atoms with Crippen LogP contribution in [-0.2, 0) is 0 Å². The van der Waals surface area contributed by atoms with Gasteiger partial charge in [0.1, 0.15) is 11.5 Å². The van der Waals surface area contributed by atoms with Crippen LogP contribution in [0.25, 0.3) is 11.3 Å². The number of amides is 1. The van der Waals surface area contributed by atoms with Crippen LogP contribution in [0.4, 0.5) is 5.69 Å². The molecule has 28 heavy (non-hydrogen) atoms. The topological polar surface area (TPSA) is 64.4 Å². The molecule has 138 valence electrons. The number of halogens is 1. The summed E-state index contributed by atoms with van der Waals surface area (Å²) in [6.45, 7) is 0. The second kappa shape index (κ2) is 7.98. The lowest BCUT2D eigenvalue weighted by Crippen LogP contribution is -2.11. The van der Waals surface area contributed by atoms with E-state index in [2.05, 4.69) is 10.5 Å². The number of anilines is 1. The number of carbonyl (C=O) groups is 1. The van der Waals surface area contributed by atoms with Gasteiger partial charge in [-0.3, -0.25) is 4.79 Å². The van der Waals surface area contributed by atoms with Gasteiger partial charge in [0.25, 0.3) is 5.91 Å². The molecule has 1 heterocycles. The molecular formula is C22H15ClN2O3. The largest absolute Gasteiger partial charge is 0.457 e. The molecule has 4 aromatic rings. The predicted molar refractivity (Wildman–Crippen MR) is 108 cm³/mol. The minimum atomic E-state index is -0.360. The number of rotatable bonds is 5.